The van der Waals surface area contributed by atoms with Crippen LogP contribution < -0.4 is 5.43 Å². The van der Waals surface area contributed by atoms with Gasteiger partial charge in [-0.25, -0.2) is 5.43 Å². The van der Waals surface area contributed by atoms with Crippen LogP contribution in [0.3, 0.4) is 0 Å². The van der Waals surface area contributed by atoms with Crippen molar-refractivity contribution < 1.29 is 14.3 Å². The smallest absolute Gasteiger partial charge is 0.275 e. The third-order valence-corrected chi connectivity index (χ3v) is 3.92. The molecule has 1 aromatic heterocycles. The molecule has 23 heavy (non-hydrogen) atoms. The summed E-state index contributed by atoms with van der Waals surface area (Å²) >= 11 is 3.35. The highest BCUT2D eigenvalue weighted by Gasteiger charge is 2.16. The van der Waals surface area contributed by atoms with Gasteiger partial charge in [-0.05, 0) is 42.3 Å². The maximum atomic E-state index is 12.2. The minimum atomic E-state index is -0.488. The van der Waals surface area contributed by atoms with Crippen LogP contribution in [0.1, 0.15) is 21.5 Å². The highest BCUT2D eigenvalue weighted by atomic mass is 79.9. The molecule has 1 heterocycles. The summed E-state index contributed by atoms with van der Waals surface area (Å²) in [5, 5.41) is 14.7. The molecule has 3 aromatic rings. The molecule has 3 rings (SSSR count). The van der Waals surface area contributed by atoms with E-state index in [2.05, 4.69) is 26.5 Å². The third-order valence-electron chi connectivity index (χ3n) is 3.39. The maximum absolute atomic E-state index is 12.2. The molecule has 6 heteroatoms. The van der Waals surface area contributed by atoms with Crippen LogP contribution in [0.5, 0.6) is 5.75 Å². The van der Waals surface area contributed by atoms with Crippen molar-refractivity contribution in [2.45, 2.75) is 6.92 Å². The van der Waals surface area contributed by atoms with E-state index in [1.807, 2.05) is 24.3 Å². The van der Waals surface area contributed by atoms with Crippen LogP contribution in [0.2, 0.25) is 0 Å². The lowest BCUT2D eigenvalue weighted by molar-refractivity contribution is 0.0952. The van der Waals surface area contributed by atoms with Gasteiger partial charge < -0.3 is 9.52 Å². The monoisotopic (exact) mass is 372 g/mol. The lowest BCUT2D eigenvalue weighted by Gasteiger charge is -2.04. The van der Waals surface area contributed by atoms with Gasteiger partial charge in [-0.15, -0.1) is 0 Å². The van der Waals surface area contributed by atoms with E-state index in [9.17, 15) is 9.90 Å². The number of halogens is 1. The highest BCUT2D eigenvalue weighted by Crippen LogP contribution is 2.32. The number of aromatic hydroxyl groups is 1. The quantitative estimate of drug-likeness (QED) is 0.539. The fourth-order valence-corrected chi connectivity index (χ4v) is 2.48. The Hall–Kier alpha value is -2.60. The van der Waals surface area contributed by atoms with Gasteiger partial charge in [0.2, 0.25) is 0 Å². The molecule has 2 aromatic carbocycles. The van der Waals surface area contributed by atoms with Gasteiger partial charge in [0, 0.05) is 4.47 Å². The molecule has 0 saturated carbocycles. The van der Waals surface area contributed by atoms with Crippen LogP contribution in [-0.4, -0.2) is 17.2 Å². The van der Waals surface area contributed by atoms with Crippen molar-refractivity contribution in [2.24, 2.45) is 5.10 Å². The first-order valence-electron chi connectivity index (χ1n) is 6.85. The summed E-state index contributed by atoms with van der Waals surface area (Å²) in [4.78, 5) is 12.2. The van der Waals surface area contributed by atoms with Gasteiger partial charge in [0.1, 0.15) is 11.3 Å². The lowest BCUT2D eigenvalue weighted by atomic mass is 10.1. The summed E-state index contributed by atoms with van der Waals surface area (Å²) in [6.07, 6.45) is 3.07. The van der Waals surface area contributed by atoms with Gasteiger partial charge in [0.05, 0.1) is 23.4 Å². The third kappa shape index (κ3) is 3.12. The van der Waals surface area contributed by atoms with Crippen molar-refractivity contribution in [3.8, 4) is 5.75 Å². The summed E-state index contributed by atoms with van der Waals surface area (Å²) in [5.74, 6) is -0.594. The molecular formula is C17H13BrN2O3. The second-order valence-corrected chi connectivity index (χ2v) is 5.92. The van der Waals surface area contributed by atoms with E-state index in [0.29, 0.717) is 11.0 Å². The fraction of sp³-hybridized carbons (Fsp3) is 0.0588. The predicted molar refractivity (Wildman–Crippen MR) is 91.8 cm³/mol. The minimum absolute atomic E-state index is 0.106. The molecule has 0 fully saturated rings. The van der Waals surface area contributed by atoms with E-state index in [0.717, 1.165) is 15.6 Å². The minimum Gasteiger partial charge on any atom is -0.506 e. The van der Waals surface area contributed by atoms with Gasteiger partial charge in [-0.2, -0.15) is 5.10 Å². The number of nitrogens with zero attached hydrogens (tertiary/aromatic N) is 1. The van der Waals surface area contributed by atoms with Gasteiger partial charge in [-0.3, -0.25) is 4.79 Å². The molecule has 0 atom stereocenters. The van der Waals surface area contributed by atoms with Crippen LogP contribution in [-0.2, 0) is 0 Å². The normalized spacial score (nSPS) is 11.2. The standard InChI is InChI=1S/C17H13BrN2O3/c1-10-9-23-14-7-6-13(16(21)15(10)14)17(22)20-19-8-11-2-4-12(18)5-3-11/h2-9,21H,1H3,(H,20,22). The lowest BCUT2D eigenvalue weighted by Crippen LogP contribution is -2.17. The molecule has 0 saturated heterocycles. The number of hydrogen-bond donors (Lipinski definition) is 2. The first kappa shape index (κ1) is 15.3. The second-order valence-electron chi connectivity index (χ2n) is 5.00. The van der Waals surface area contributed by atoms with Crippen LogP contribution in [0.4, 0.5) is 0 Å². The first-order chi connectivity index (χ1) is 11.1. The molecule has 0 radical (unpaired) electrons. The molecule has 0 spiro atoms. The Labute approximate surface area is 140 Å². The molecule has 2 N–H and O–H groups in total. The zero-order valence-corrected chi connectivity index (χ0v) is 13.8. The molecule has 0 bridgehead atoms. The van der Waals surface area contributed by atoms with Crippen molar-refractivity contribution in [1.82, 2.24) is 5.43 Å². The van der Waals surface area contributed by atoms with E-state index in [1.165, 1.54) is 18.5 Å². The summed E-state index contributed by atoms with van der Waals surface area (Å²) in [5.41, 5.74) is 4.71. The largest absolute Gasteiger partial charge is 0.506 e. The number of rotatable bonds is 3. The number of carbonyl (C=O) groups is 1. The topological polar surface area (TPSA) is 74.8 Å². The summed E-state index contributed by atoms with van der Waals surface area (Å²) in [6.45, 7) is 1.80. The van der Waals surface area contributed by atoms with Crippen LogP contribution in [0.15, 0.2) is 56.7 Å². The number of carbonyl (C=O) groups excluding carboxylic acids is 1. The predicted octanol–water partition coefficient (Wildman–Crippen LogP) is 3.97. The second kappa shape index (κ2) is 6.26. The molecule has 1 amide bonds. The van der Waals surface area contributed by atoms with Crippen molar-refractivity contribution in [3.63, 3.8) is 0 Å². The molecule has 5 nitrogen and oxygen atoms in total. The van der Waals surface area contributed by atoms with Gasteiger partial charge in [-0.1, -0.05) is 28.1 Å². The molecule has 0 unspecified atom stereocenters. The average molecular weight is 373 g/mol. The van der Waals surface area contributed by atoms with E-state index < -0.39 is 5.91 Å². The van der Waals surface area contributed by atoms with E-state index in [4.69, 9.17) is 4.42 Å². The molecule has 0 aliphatic rings. The van der Waals surface area contributed by atoms with Gasteiger partial charge in [0.15, 0.2) is 0 Å². The summed E-state index contributed by atoms with van der Waals surface area (Å²) in [7, 11) is 0. The average Bonchev–Trinajstić information content (AvgIpc) is 2.91. The Morgan fingerprint density at radius 1 is 1.26 bits per heavy atom. The Bertz CT molecular complexity index is 898. The number of nitrogens with one attached hydrogen (secondary N) is 1. The summed E-state index contributed by atoms with van der Waals surface area (Å²) in [6, 6.07) is 10.6. The molecule has 116 valence electrons. The van der Waals surface area contributed by atoms with Gasteiger partial charge >= 0.3 is 0 Å². The number of phenolic OH excluding ortho intramolecular Hbond substituents is 1. The Balaban J connectivity index is 1.79. The van der Waals surface area contributed by atoms with Crippen molar-refractivity contribution in [1.29, 1.82) is 0 Å². The Morgan fingerprint density at radius 3 is 2.74 bits per heavy atom. The molecule has 0 aliphatic carbocycles. The number of furan rings is 1. The fourth-order valence-electron chi connectivity index (χ4n) is 2.22. The zero-order valence-electron chi connectivity index (χ0n) is 12.2. The van der Waals surface area contributed by atoms with Crippen molar-refractivity contribution in [2.75, 3.05) is 0 Å². The number of aryl methyl sites for hydroxylation is 1. The van der Waals surface area contributed by atoms with E-state index >= 15 is 0 Å². The number of hydrogen-bond acceptors (Lipinski definition) is 4. The summed E-state index contributed by atoms with van der Waals surface area (Å²) < 4.78 is 6.25. The van der Waals surface area contributed by atoms with Crippen LogP contribution in [0, 0.1) is 6.92 Å². The SMILES string of the molecule is Cc1coc2ccc(C(=O)NN=Cc3ccc(Br)cc3)c(O)c12. The first-order valence-corrected chi connectivity index (χ1v) is 7.64. The zero-order chi connectivity index (χ0) is 16.4. The van der Waals surface area contributed by atoms with Crippen LogP contribution >= 0.6 is 15.9 Å². The highest BCUT2D eigenvalue weighted by molar-refractivity contribution is 9.10. The van der Waals surface area contributed by atoms with E-state index in [1.54, 1.807) is 13.0 Å². The van der Waals surface area contributed by atoms with Crippen molar-refractivity contribution in [3.05, 3.63) is 63.8 Å². The Kier molecular flexibility index (Phi) is 4.16. The van der Waals surface area contributed by atoms with Crippen LogP contribution in [0.25, 0.3) is 11.0 Å². The number of benzene rings is 2. The van der Waals surface area contributed by atoms with E-state index in [-0.39, 0.29) is 11.3 Å². The maximum Gasteiger partial charge on any atom is 0.275 e. The molecular weight excluding hydrogens is 360 g/mol. The number of fused-ring (bicyclic) bond motifs is 1. The number of amides is 1. The van der Waals surface area contributed by atoms with Crippen molar-refractivity contribution >= 4 is 39.0 Å². The van der Waals surface area contributed by atoms with Gasteiger partial charge in [0.25, 0.3) is 5.91 Å². The Morgan fingerprint density at radius 2 is 2.00 bits per heavy atom. The number of hydrazone groups is 1. The molecule has 0 aliphatic heterocycles. The number of phenols is 1.